The van der Waals surface area contributed by atoms with Gasteiger partial charge in [0.15, 0.2) is 0 Å². The largest absolute Gasteiger partial charge is 0.354 e. The first-order valence-corrected chi connectivity index (χ1v) is 6.09. The number of benzene rings is 1. The quantitative estimate of drug-likeness (QED) is 0.825. The molecule has 0 saturated carbocycles. The molecule has 1 aliphatic carbocycles. The normalized spacial score (nSPS) is 18.2. The molecule has 0 aliphatic heterocycles. The van der Waals surface area contributed by atoms with Crippen molar-refractivity contribution in [2.45, 2.75) is 31.7 Å². The fourth-order valence-electron chi connectivity index (χ4n) is 2.10. The first-order valence-electron chi connectivity index (χ1n) is 6.09. The molecule has 3 nitrogen and oxygen atoms in total. The van der Waals surface area contributed by atoms with Gasteiger partial charge in [0.25, 0.3) is 0 Å². The van der Waals surface area contributed by atoms with Crippen LogP contribution in [0.4, 0.5) is 0 Å². The molecule has 2 rings (SSSR count). The number of likely N-dealkylation sites (N-methyl/N-ethyl adjacent to an activating group) is 1. The predicted molar refractivity (Wildman–Crippen MR) is 69.0 cm³/mol. The van der Waals surface area contributed by atoms with E-state index < -0.39 is 5.54 Å². The van der Waals surface area contributed by atoms with Gasteiger partial charge in [-0.2, -0.15) is 0 Å². The van der Waals surface area contributed by atoms with Crippen LogP contribution in [0.25, 0.3) is 0 Å². The van der Waals surface area contributed by atoms with E-state index in [9.17, 15) is 4.79 Å². The summed E-state index contributed by atoms with van der Waals surface area (Å²) in [4.78, 5) is 11.9. The first kappa shape index (κ1) is 12.1. The molecule has 1 aromatic rings. The van der Waals surface area contributed by atoms with E-state index in [-0.39, 0.29) is 5.91 Å². The van der Waals surface area contributed by atoms with Crippen molar-refractivity contribution in [1.29, 1.82) is 0 Å². The molecular formula is C14H20N2O. The number of hydrogen-bond acceptors (Lipinski definition) is 2. The lowest BCUT2D eigenvalue weighted by Gasteiger charge is -2.31. The molecule has 1 aromatic carbocycles. The van der Waals surface area contributed by atoms with Crippen LogP contribution in [0.5, 0.6) is 0 Å². The van der Waals surface area contributed by atoms with E-state index >= 15 is 0 Å². The van der Waals surface area contributed by atoms with E-state index in [0.29, 0.717) is 5.92 Å². The average Bonchev–Trinajstić information content (AvgIpc) is 2.30. The number of carbonyl (C=O) groups excluding carboxylic acids is 1. The molecule has 1 unspecified atom stereocenters. The monoisotopic (exact) mass is 232 g/mol. The Bertz CT molecular complexity index is 426. The van der Waals surface area contributed by atoms with Gasteiger partial charge in [0, 0.05) is 12.5 Å². The highest BCUT2D eigenvalue weighted by Crippen LogP contribution is 2.33. The second-order valence-electron chi connectivity index (χ2n) is 5.18. The maximum absolute atomic E-state index is 11.9. The third kappa shape index (κ3) is 2.34. The van der Waals surface area contributed by atoms with Crippen LogP contribution in [0.2, 0.25) is 0 Å². The Morgan fingerprint density at radius 3 is 2.76 bits per heavy atom. The summed E-state index contributed by atoms with van der Waals surface area (Å²) in [7, 11) is 1.80. The smallest absolute Gasteiger partial charge is 0.239 e. The Kier molecular flexibility index (Phi) is 3.20. The Balaban J connectivity index is 1.88. The van der Waals surface area contributed by atoms with Crippen molar-refractivity contribution >= 4 is 5.91 Å². The fraction of sp³-hybridized carbons (Fsp3) is 0.500. The van der Waals surface area contributed by atoms with E-state index in [1.54, 1.807) is 7.05 Å². The molecule has 0 bridgehead atoms. The lowest BCUT2D eigenvalue weighted by Crippen LogP contribution is -2.52. The highest BCUT2D eigenvalue weighted by molar-refractivity contribution is 5.85. The molecule has 0 radical (unpaired) electrons. The van der Waals surface area contributed by atoms with Crippen molar-refractivity contribution in [3.05, 3.63) is 35.4 Å². The summed E-state index contributed by atoms with van der Waals surface area (Å²) >= 11 is 0. The molecule has 0 fully saturated rings. The minimum atomic E-state index is -0.497. The Morgan fingerprint density at radius 1 is 1.41 bits per heavy atom. The topological polar surface area (TPSA) is 41.1 Å². The average molecular weight is 232 g/mol. The molecule has 92 valence electrons. The lowest BCUT2D eigenvalue weighted by atomic mass is 9.77. The molecule has 3 heteroatoms. The summed E-state index contributed by atoms with van der Waals surface area (Å²) in [6, 6.07) is 8.44. The number of fused-ring (bicyclic) bond motifs is 1. The second-order valence-corrected chi connectivity index (χ2v) is 5.18. The van der Waals surface area contributed by atoms with Crippen LogP contribution in [0.15, 0.2) is 24.3 Å². The molecule has 1 amide bonds. The predicted octanol–water partition coefficient (Wildman–Crippen LogP) is 1.44. The highest BCUT2D eigenvalue weighted by atomic mass is 16.2. The van der Waals surface area contributed by atoms with Crippen molar-refractivity contribution in [2.24, 2.45) is 0 Å². The van der Waals surface area contributed by atoms with E-state index in [1.165, 1.54) is 11.1 Å². The van der Waals surface area contributed by atoms with Crippen molar-refractivity contribution in [2.75, 3.05) is 13.6 Å². The second kappa shape index (κ2) is 4.49. The summed E-state index contributed by atoms with van der Waals surface area (Å²) in [6.07, 6.45) is 1.08. The molecular weight excluding hydrogens is 212 g/mol. The van der Waals surface area contributed by atoms with Crippen LogP contribution in [-0.2, 0) is 11.2 Å². The van der Waals surface area contributed by atoms with E-state index in [4.69, 9.17) is 0 Å². The number of rotatable bonds is 4. The van der Waals surface area contributed by atoms with Crippen LogP contribution in [-0.4, -0.2) is 25.0 Å². The Labute approximate surface area is 103 Å². The third-order valence-electron chi connectivity index (χ3n) is 3.66. The maximum atomic E-state index is 11.9. The summed E-state index contributed by atoms with van der Waals surface area (Å²) in [6.45, 7) is 4.51. The zero-order valence-corrected chi connectivity index (χ0v) is 10.7. The van der Waals surface area contributed by atoms with Gasteiger partial charge >= 0.3 is 0 Å². The fourth-order valence-corrected chi connectivity index (χ4v) is 2.10. The minimum Gasteiger partial charge on any atom is -0.354 e. The van der Waals surface area contributed by atoms with Gasteiger partial charge in [-0.15, -0.1) is 0 Å². The molecule has 1 atom stereocenters. The molecule has 17 heavy (non-hydrogen) atoms. The number of carbonyl (C=O) groups is 1. The van der Waals surface area contributed by atoms with Crippen molar-refractivity contribution < 1.29 is 4.79 Å². The van der Waals surface area contributed by atoms with E-state index in [0.717, 1.165) is 13.0 Å². The third-order valence-corrected chi connectivity index (χ3v) is 3.66. The van der Waals surface area contributed by atoms with Gasteiger partial charge < -0.3 is 10.6 Å². The standard InChI is InChI=1S/C14H20N2O/c1-14(2,15-3)13(17)16-9-11-8-10-6-4-5-7-12(10)11/h4-7,11,15H,8-9H2,1-3H3,(H,16,17). The number of nitrogens with one attached hydrogen (secondary N) is 2. The van der Waals surface area contributed by atoms with Crippen molar-refractivity contribution in [1.82, 2.24) is 10.6 Å². The summed E-state index contributed by atoms with van der Waals surface area (Å²) in [5, 5.41) is 6.02. The molecule has 0 aromatic heterocycles. The van der Waals surface area contributed by atoms with Gasteiger partial charge in [-0.1, -0.05) is 24.3 Å². The minimum absolute atomic E-state index is 0.0596. The summed E-state index contributed by atoms with van der Waals surface area (Å²) < 4.78 is 0. The molecule has 0 saturated heterocycles. The van der Waals surface area contributed by atoms with Gasteiger partial charge in [-0.3, -0.25) is 4.79 Å². The SMILES string of the molecule is CNC(C)(C)C(=O)NCC1Cc2ccccc21. The van der Waals surface area contributed by atoms with Gasteiger partial charge in [0.2, 0.25) is 5.91 Å². The molecule has 0 spiro atoms. The van der Waals surface area contributed by atoms with E-state index in [1.807, 2.05) is 13.8 Å². The molecule has 1 aliphatic rings. The number of hydrogen-bond donors (Lipinski definition) is 2. The van der Waals surface area contributed by atoms with Crippen LogP contribution < -0.4 is 10.6 Å². The Morgan fingerprint density at radius 2 is 2.12 bits per heavy atom. The van der Waals surface area contributed by atoms with Gasteiger partial charge in [0.05, 0.1) is 5.54 Å². The summed E-state index contributed by atoms with van der Waals surface area (Å²) in [5.74, 6) is 0.548. The van der Waals surface area contributed by atoms with Crippen molar-refractivity contribution in [3.8, 4) is 0 Å². The zero-order chi connectivity index (χ0) is 12.5. The lowest BCUT2D eigenvalue weighted by molar-refractivity contribution is -0.126. The summed E-state index contributed by atoms with van der Waals surface area (Å²) in [5.41, 5.74) is 2.30. The Hall–Kier alpha value is -1.35. The first-order chi connectivity index (χ1) is 8.04. The molecule has 0 heterocycles. The zero-order valence-electron chi connectivity index (χ0n) is 10.7. The van der Waals surface area contributed by atoms with Gasteiger partial charge in [-0.05, 0) is 38.4 Å². The van der Waals surface area contributed by atoms with Gasteiger partial charge in [0.1, 0.15) is 0 Å². The molecule has 2 N–H and O–H groups in total. The number of amides is 1. The maximum Gasteiger partial charge on any atom is 0.239 e. The van der Waals surface area contributed by atoms with Gasteiger partial charge in [-0.25, -0.2) is 0 Å². The highest BCUT2D eigenvalue weighted by Gasteiger charge is 2.29. The van der Waals surface area contributed by atoms with E-state index in [2.05, 4.69) is 34.9 Å². The van der Waals surface area contributed by atoms with Crippen LogP contribution in [0.1, 0.15) is 30.9 Å². The van der Waals surface area contributed by atoms with Crippen LogP contribution in [0, 0.1) is 0 Å². The van der Waals surface area contributed by atoms with Crippen molar-refractivity contribution in [3.63, 3.8) is 0 Å². The van der Waals surface area contributed by atoms with Crippen LogP contribution >= 0.6 is 0 Å². The van der Waals surface area contributed by atoms with Crippen LogP contribution in [0.3, 0.4) is 0 Å².